The minimum Gasteiger partial charge on any atom is -0.448 e. The SMILES string of the molecule is O=S([N-]S(=O)(=O)C(F)(F)F)C(F)(F)F. The smallest absolute Gasteiger partial charge is 0.448 e. The molecule has 0 rings (SSSR count). The number of nitrogens with zero attached hydrogens (tertiary/aromatic N) is 1. The first-order chi connectivity index (χ1) is 5.88. The first-order valence-corrected chi connectivity index (χ1v) is 4.95. The minimum atomic E-state index is -6.38. The zero-order chi connectivity index (χ0) is 11.8. The Hall–Kier alpha value is -0.360. The molecule has 0 aromatic rings. The summed E-state index contributed by atoms with van der Waals surface area (Å²) in [6.07, 6.45) is 0. The van der Waals surface area contributed by atoms with Crippen LogP contribution in [0.1, 0.15) is 0 Å². The third-order valence-corrected chi connectivity index (χ3v) is 2.96. The number of halogens is 6. The summed E-state index contributed by atoms with van der Waals surface area (Å²) in [6, 6.07) is 0. The van der Waals surface area contributed by atoms with Gasteiger partial charge in [-0.25, -0.2) is 8.42 Å². The van der Waals surface area contributed by atoms with Crippen LogP contribution >= 0.6 is 0 Å². The van der Waals surface area contributed by atoms with Crippen molar-refractivity contribution in [3.05, 3.63) is 4.13 Å². The summed E-state index contributed by atoms with van der Waals surface area (Å²) in [5.74, 6) is 0. The van der Waals surface area contributed by atoms with Crippen LogP contribution in [0, 0.1) is 0 Å². The van der Waals surface area contributed by atoms with E-state index in [1.54, 1.807) is 0 Å². The molecule has 0 amide bonds. The number of rotatable bonds is 2. The molecule has 0 aliphatic heterocycles. The van der Waals surface area contributed by atoms with E-state index >= 15 is 0 Å². The van der Waals surface area contributed by atoms with Gasteiger partial charge in [-0.3, -0.25) is 4.21 Å². The largest absolute Gasteiger partial charge is 0.480 e. The van der Waals surface area contributed by atoms with Crippen molar-refractivity contribution in [2.24, 2.45) is 0 Å². The topological polar surface area (TPSA) is 65.3 Å². The van der Waals surface area contributed by atoms with Crippen molar-refractivity contribution >= 4 is 21.0 Å². The molecule has 0 heterocycles. The van der Waals surface area contributed by atoms with Gasteiger partial charge in [0, 0.05) is 11.0 Å². The summed E-state index contributed by atoms with van der Waals surface area (Å²) in [7, 11) is -10.8. The number of sulfonamides is 1. The van der Waals surface area contributed by atoms with Crippen LogP contribution in [0.25, 0.3) is 4.13 Å². The number of alkyl halides is 6. The summed E-state index contributed by atoms with van der Waals surface area (Å²) in [5, 5.41) is 0. The van der Waals surface area contributed by atoms with Gasteiger partial charge >= 0.3 is 11.0 Å². The van der Waals surface area contributed by atoms with E-state index in [1.165, 1.54) is 0 Å². The number of hydrogen-bond donors (Lipinski definition) is 0. The molecule has 0 aliphatic rings. The third-order valence-electron chi connectivity index (χ3n) is 0.656. The average molecular weight is 264 g/mol. The number of hydrogen-bond acceptors (Lipinski definition) is 3. The van der Waals surface area contributed by atoms with Gasteiger partial charge in [0.15, 0.2) is 10.0 Å². The van der Waals surface area contributed by atoms with E-state index in [0.29, 0.717) is 0 Å². The van der Waals surface area contributed by atoms with Gasteiger partial charge in [-0.15, -0.1) is 0 Å². The van der Waals surface area contributed by atoms with Gasteiger partial charge in [-0.1, -0.05) is 0 Å². The highest BCUT2D eigenvalue weighted by Gasteiger charge is 2.42. The van der Waals surface area contributed by atoms with E-state index in [2.05, 4.69) is 0 Å². The summed E-state index contributed by atoms with van der Waals surface area (Å²) < 4.78 is 99.1. The summed E-state index contributed by atoms with van der Waals surface area (Å²) >= 11 is 0. The van der Waals surface area contributed by atoms with Crippen molar-refractivity contribution in [3.63, 3.8) is 0 Å². The molecule has 0 aromatic heterocycles. The Morgan fingerprint density at radius 3 is 1.57 bits per heavy atom. The second-order valence-corrected chi connectivity index (χ2v) is 4.66. The molecule has 0 spiro atoms. The Morgan fingerprint density at radius 2 is 1.36 bits per heavy atom. The van der Waals surface area contributed by atoms with Gasteiger partial charge in [0.25, 0.3) is 0 Å². The minimum absolute atomic E-state index is 1.15. The Kier molecular flexibility index (Phi) is 3.56. The molecule has 0 aromatic carbocycles. The van der Waals surface area contributed by atoms with Crippen molar-refractivity contribution < 1.29 is 39.0 Å². The molecule has 0 aliphatic carbocycles. The van der Waals surface area contributed by atoms with E-state index in [9.17, 15) is 39.0 Å². The quantitative estimate of drug-likeness (QED) is 0.708. The van der Waals surface area contributed by atoms with Gasteiger partial charge in [0.1, 0.15) is 0 Å². The third kappa shape index (κ3) is 3.42. The molecule has 4 nitrogen and oxygen atoms in total. The van der Waals surface area contributed by atoms with Crippen LogP contribution in [0.4, 0.5) is 26.3 Å². The maximum atomic E-state index is 11.4. The van der Waals surface area contributed by atoms with Crippen molar-refractivity contribution in [2.75, 3.05) is 0 Å². The van der Waals surface area contributed by atoms with Gasteiger partial charge in [0.2, 0.25) is 0 Å². The predicted molar refractivity (Wildman–Crippen MR) is 32.5 cm³/mol. The molecule has 1 atom stereocenters. The molecule has 14 heavy (non-hydrogen) atoms. The molecule has 0 radical (unpaired) electrons. The maximum Gasteiger partial charge on any atom is 0.480 e. The van der Waals surface area contributed by atoms with Crippen LogP contribution in [-0.2, 0) is 21.0 Å². The highest BCUT2D eigenvalue weighted by Crippen LogP contribution is 2.33. The van der Waals surface area contributed by atoms with Gasteiger partial charge in [0.05, 0.1) is 0 Å². The van der Waals surface area contributed by atoms with E-state index in [1.807, 2.05) is 0 Å². The second kappa shape index (κ2) is 3.66. The molecular weight excluding hydrogens is 264 g/mol. The van der Waals surface area contributed by atoms with Crippen molar-refractivity contribution in [1.29, 1.82) is 0 Å². The predicted octanol–water partition coefficient (Wildman–Crippen LogP) is 1.39. The van der Waals surface area contributed by atoms with E-state index in [-0.39, 0.29) is 0 Å². The second-order valence-electron chi connectivity index (χ2n) is 1.69. The fraction of sp³-hybridized carbons (Fsp3) is 1.00. The lowest BCUT2D eigenvalue weighted by atomic mass is 11.6. The van der Waals surface area contributed by atoms with Crippen LogP contribution in [-0.4, -0.2) is 23.6 Å². The summed E-state index contributed by atoms with van der Waals surface area (Å²) in [6.45, 7) is 0. The highest BCUT2D eigenvalue weighted by atomic mass is 32.3. The lowest BCUT2D eigenvalue weighted by Crippen LogP contribution is -2.26. The van der Waals surface area contributed by atoms with E-state index < -0.39 is 32.0 Å². The summed E-state index contributed by atoms with van der Waals surface area (Å²) in [5.41, 5.74) is -11.6. The molecule has 0 fully saturated rings. The molecule has 0 N–H and O–H groups in total. The summed E-state index contributed by atoms with van der Waals surface area (Å²) in [4.78, 5) is 0. The first-order valence-electron chi connectivity index (χ1n) is 2.41. The zero-order valence-electron chi connectivity index (χ0n) is 5.76. The highest BCUT2D eigenvalue weighted by molar-refractivity contribution is 8.10. The fourth-order valence-electron chi connectivity index (χ4n) is 0.174. The molecule has 0 saturated carbocycles. The molecule has 12 heteroatoms. The van der Waals surface area contributed by atoms with E-state index in [4.69, 9.17) is 0 Å². The molecule has 1 unspecified atom stereocenters. The zero-order valence-corrected chi connectivity index (χ0v) is 7.39. The van der Waals surface area contributed by atoms with Crippen LogP contribution in [0.3, 0.4) is 0 Å². The first kappa shape index (κ1) is 13.6. The molecule has 86 valence electrons. The van der Waals surface area contributed by atoms with Crippen molar-refractivity contribution in [2.45, 2.75) is 11.0 Å². The fourth-order valence-corrected chi connectivity index (χ4v) is 1.56. The van der Waals surface area contributed by atoms with Crippen LogP contribution < -0.4 is 0 Å². The Balaban J connectivity index is 4.82. The average Bonchev–Trinajstić information content (AvgIpc) is 1.80. The lowest BCUT2D eigenvalue weighted by molar-refractivity contribution is -0.0429. The lowest BCUT2D eigenvalue weighted by Gasteiger charge is -2.22. The Morgan fingerprint density at radius 1 is 1.00 bits per heavy atom. The maximum absolute atomic E-state index is 11.4. The van der Waals surface area contributed by atoms with Crippen LogP contribution in [0.5, 0.6) is 0 Å². The van der Waals surface area contributed by atoms with Crippen LogP contribution in [0.2, 0.25) is 0 Å². The Labute approximate surface area is 75.9 Å². The standard InChI is InChI=1S/C2F6NO3S2/c3-1(4,5)13(10)9-14(11,12)2(6,7)8/q-1. The van der Waals surface area contributed by atoms with Gasteiger partial charge in [-0.2, -0.15) is 26.3 Å². The van der Waals surface area contributed by atoms with Crippen molar-refractivity contribution in [1.82, 2.24) is 0 Å². The van der Waals surface area contributed by atoms with Gasteiger partial charge < -0.3 is 4.13 Å². The Bertz CT molecular complexity index is 326. The van der Waals surface area contributed by atoms with Gasteiger partial charge in [-0.05, 0) is 0 Å². The van der Waals surface area contributed by atoms with Crippen molar-refractivity contribution in [3.8, 4) is 0 Å². The van der Waals surface area contributed by atoms with E-state index in [0.717, 1.165) is 4.13 Å². The monoisotopic (exact) mass is 264 g/mol. The normalized spacial score (nSPS) is 16.7. The molecule has 0 saturated heterocycles. The molecular formula is C2F6NO3S2-. The molecule has 0 bridgehead atoms. The van der Waals surface area contributed by atoms with Crippen LogP contribution in [0.15, 0.2) is 0 Å².